The van der Waals surface area contributed by atoms with Gasteiger partial charge < -0.3 is 24.2 Å². The number of benzene rings is 1. The van der Waals surface area contributed by atoms with Crippen LogP contribution >= 0.6 is 23.2 Å². The van der Waals surface area contributed by atoms with Gasteiger partial charge in [-0.1, -0.05) is 23.2 Å². The number of amides is 2. The van der Waals surface area contributed by atoms with Crippen molar-refractivity contribution in [2.45, 2.75) is 26.6 Å². The van der Waals surface area contributed by atoms with Crippen molar-refractivity contribution in [3.63, 3.8) is 0 Å². The summed E-state index contributed by atoms with van der Waals surface area (Å²) in [6.07, 6.45) is 3.10. The van der Waals surface area contributed by atoms with E-state index in [9.17, 15) is 9.59 Å². The molecule has 0 aliphatic heterocycles. The summed E-state index contributed by atoms with van der Waals surface area (Å²) in [5, 5.41) is 10.5. The fourth-order valence-corrected chi connectivity index (χ4v) is 3.47. The summed E-state index contributed by atoms with van der Waals surface area (Å²) in [5.74, 6) is 0.507. The lowest BCUT2D eigenvalue weighted by atomic mass is 10.3. The average molecular weight is 503 g/mol. The molecule has 0 aliphatic carbocycles. The number of hydrogen-bond acceptors (Lipinski definition) is 6. The van der Waals surface area contributed by atoms with E-state index in [0.29, 0.717) is 33.9 Å². The number of aryl methyl sites for hydroxylation is 1. The molecule has 1 aromatic carbocycles. The van der Waals surface area contributed by atoms with Gasteiger partial charge >= 0.3 is 0 Å². The monoisotopic (exact) mass is 502 g/mol. The summed E-state index contributed by atoms with van der Waals surface area (Å²) in [5.41, 5.74) is 0.334. The maximum Gasteiger partial charge on any atom is 0.291 e. The first-order chi connectivity index (χ1) is 16.4. The van der Waals surface area contributed by atoms with E-state index in [1.54, 1.807) is 47.3 Å². The van der Waals surface area contributed by atoms with Crippen LogP contribution in [0.4, 0.5) is 5.69 Å². The van der Waals surface area contributed by atoms with E-state index in [-0.39, 0.29) is 30.3 Å². The Kier molecular flexibility index (Phi) is 7.24. The van der Waals surface area contributed by atoms with E-state index < -0.39 is 11.8 Å². The lowest BCUT2D eigenvalue weighted by Crippen LogP contribution is -2.25. The first-order valence-electron chi connectivity index (χ1n) is 10.3. The number of nitrogens with one attached hydrogen (secondary N) is 2. The minimum absolute atomic E-state index is 0.0481. The molecule has 0 fully saturated rings. The molecule has 0 unspecified atom stereocenters. The molecular formula is C23H20Cl2N4O5. The van der Waals surface area contributed by atoms with Crippen molar-refractivity contribution in [3.8, 4) is 5.75 Å². The Balaban J connectivity index is 1.41. The van der Waals surface area contributed by atoms with Crippen LogP contribution in [-0.2, 0) is 19.7 Å². The quantitative estimate of drug-likeness (QED) is 0.327. The minimum atomic E-state index is -0.536. The van der Waals surface area contributed by atoms with Crippen LogP contribution in [0.2, 0.25) is 10.0 Å². The number of aromatic nitrogens is 2. The lowest BCUT2D eigenvalue weighted by molar-refractivity contribution is 0.0943. The summed E-state index contributed by atoms with van der Waals surface area (Å²) in [4.78, 5) is 25.4. The minimum Gasteiger partial charge on any atom is -0.484 e. The van der Waals surface area contributed by atoms with Crippen LogP contribution in [0.5, 0.6) is 5.75 Å². The number of carbonyl (C=O) groups excluding carboxylic acids is 2. The molecular weight excluding hydrogens is 483 g/mol. The number of halogens is 2. The molecule has 0 spiro atoms. The number of furan rings is 2. The Labute approximate surface area is 204 Å². The topological polar surface area (TPSA) is 112 Å². The van der Waals surface area contributed by atoms with Gasteiger partial charge in [-0.05, 0) is 49.4 Å². The number of anilines is 1. The Morgan fingerprint density at radius 1 is 1.12 bits per heavy atom. The van der Waals surface area contributed by atoms with Crippen LogP contribution < -0.4 is 15.4 Å². The highest BCUT2D eigenvalue weighted by atomic mass is 35.5. The Hall–Kier alpha value is -3.69. The van der Waals surface area contributed by atoms with Crippen molar-refractivity contribution >= 4 is 40.7 Å². The predicted molar refractivity (Wildman–Crippen MR) is 125 cm³/mol. The summed E-state index contributed by atoms with van der Waals surface area (Å²) in [6, 6.07) is 11.5. The number of rotatable bonds is 9. The standard InChI is InChI=1S/C23H20Cl2N4O5/c1-2-29-12-18(21(28-29)23(31)26-11-15-4-3-9-32-15)27-22(30)20-8-6-16(34-20)13-33-19-7-5-14(24)10-17(19)25/h3-10,12H,2,11,13H2,1H3,(H,26,31)(H,27,30). The highest BCUT2D eigenvalue weighted by molar-refractivity contribution is 6.35. The maximum atomic E-state index is 12.7. The first-order valence-corrected chi connectivity index (χ1v) is 11.0. The number of hydrogen-bond donors (Lipinski definition) is 2. The molecule has 34 heavy (non-hydrogen) atoms. The van der Waals surface area contributed by atoms with Gasteiger partial charge in [0.05, 0.1) is 23.5 Å². The van der Waals surface area contributed by atoms with Crippen molar-refractivity contribution < 1.29 is 23.2 Å². The van der Waals surface area contributed by atoms with E-state index in [1.165, 1.54) is 12.3 Å². The van der Waals surface area contributed by atoms with Crippen molar-refractivity contribution in [2.75, 3.05) is 5.32 Å². The average Bonchev–Trinajstić information content (AvgIpc) is 3.58. The molecule has 0 aliphatic rings. The van der Waals surface area contributed by atoms with Gasteiger partial charge in [0.2, 0.25) is 0 Å². The zero-order valence-electron chi connectivity index (χ0n) is 18.0. The van der Waals surface area contributed by atoms with Gasteiger partial charge in [0.25, 0.3) is 11.8 Å². The molecule has 9 nitrogen and oxygen atoms in total. The van der Waals surface area contributed by atoms with Crippen LogP contribution in [0.15, 0.2) is 63.8 Å². The van der Waals surface area contributed by atoms with Crippen molar-refractivity contribution in [1.29, 1.82) is 0 Å². The molecule has 4 rings (SSSR count). The molecule has 0 bridgehead atoms. The fraction of sp³-hybridized carbons (Fsp3) is 0.174. The third-order valence-electron chi connectivity index (χ3n) is 4.70. The van der Waals surface area contributed by atoms with Crippen molar-refractivity contribution in [2.24, 2.45) is 0 Å². The van der Waals surface area contributed by atoms with Crippen LogP contribution in [0.25, 0.3) is 0 Å². The third kappa shape index (κ3) is 5.62. The van der Waals surface area contributed by atoms with Gasteiger partial charge in [-0.25, -0.2) is 0 Å². The van der Waals surface area contributed by atoms with Gasteiger partial charge in [0.15, 0.2) is 11.5 Å². The van der Waals surface area contributed by atoms with Crippen LogP contribution in [0, 0.1) is 0 Å². The normalized spacial score (nSPS) is 10.8. The van der Waals surface area contributed by atoms with Gasteiger partial charge in [-0.15, -0.1) is 0 Å². The molecule has 2 N–H and O–H groups in total. The summed E-state index contributed by atoms with van der Waals surface area (Å²) in [7, 11) is 0. The van der Waals surface area contributed by atoms with Crippen LogP contribution in [-0.4, -0.2) is 21.6 Å². The summed E-state index contributed by atoms with van der Waals surface area (Å²) >= 11 is 12.0. The Bertz CT molecular complexity index is 1300. The molecule has 11 heteroatoms. The zero-order chi connectivity index (χ0) is 24.1. The van der Waals surface area contributed by atoms with Gasteiger partial charge in [0, 0.05) is 17.8 Å². The van der Waals surface area contributed by atoms with E-state index in [4.69, 9.17) is 36.8 Å². The smallest absolute Gasteiger partial charge is 0.291 e. The summed E-state index contributed by atoms with van der Waals surface area (Å²) in [6.45, 7) is 2.64. The lowest BCUT2D eigenvalue weighted by Gasteiger charge is -2.06. The van der Waals surface area contributed by atoms with Crippen molar-refractivity contribution in [1.82, 2.24) is 15.1 Å². The highest BCUT2D eigenvalue weighted by Gasteiger charge is 2.21. The van der Waals surface area contributed by atoms with Crippen LogP contribution in [0.1, 0.15) is 39.5 Å². The predicted octanol–water partition coefficient (Wildman–Crippen LogP) is 5.16. The molecule has 2 amide bonds. The van der Waals surface area contributed by atoms with E-state index >= 15 is 0 Å². The number of nitrogens with zero attached hydrogens (tertiary/aromatic N) is 2. The first kappa shape index (κ1) is 23.5. The van der Waals surface area contributed by atoms with E-state index in [2.05, 4.69) is 15.7 Å². The fourth-order valence-electron chi connectivity index (χ4n) is 3.01. The van der Waals surface area contributed by atoms with Crippen molar-refractivity contribution in [3.05, 3.63) is 87.9 Å². The Morgan fingerprint density at radius 2 is 1.97 bits per heavy atom. The maximum absolute atomic E-state index is 12.7. The van der Waals surface area contributed by atoms with E-state index in [1.807, 2.05) is 6.92 Å². The second-order valence-electron chi connectivity index (χ2n) is 7.09. The van der Waals surface area contributed by atoms with Gasteiger partial charge in [-0.2, -0.15) is 5.10 Å². The molecule has 4 aromatic rings. The molecule has 3 heterocycles. The summed E-state index contributed by atoms with van der Waals surface area (Å²) < 4.78 is 18.0. The second kappa shape index (κ2) is 10.5. The molecule has 0 saturated carbocycles. The second-order valence-corrected chi connectivity index (χ2v) is 7.94. The molecule has 0 radical (unpaired) electrons. The van der Waals surface area contributed by atoms with E-state index in [0.717, 1.165) is 0 Å². The molecule has 0 atom stereocenters. The van der Waals surface area contributed by atoms with Gasteiger partial charge in [0.1, 0.15) is 23.9 Å². The third-order valence-corrected chi connectivity index (χ3v) is 5.23. The SMILES string of the molecule is CCn1cc(NC(=O)c2ccc(COc3ccc(Cl)cc3Cl)o2)c(C(=O)NCc2ccco2)n1. The number of carbonyl (C=O) groups is 2. The number of ether oxygens (including phenoxy) is 1. The highest BCUT2D eigenvalue weighted by Crippen LogP contribution is 2.28. The van der Waals surface area contributed by atoms with Gasteiger partial charge in [-0.3, -0.25) is 14.3 Å². The van der Waals surface area contributed by atoms with Crippen LogP contribution in [0.3, 0.4) is 0 Å². The zero-order valence-corrected chi connectivity index (χ0v) is 19.5. The molecule has 3 aromatic heterocycles. The molecule has 176 valence electrons. The largest absolute Gasteiger partial charge is 0.484 e. The Morgan fingerprint density at radius 3 is 2.71 bits per heavy atom. The molecule has 0 saturated heterocycles.